The Bertz CT molecular complexity index is 481. The van der Waals surface area contributed by atoms with Crippen LogP contribution in [0.4, 0.5) is 0 Å². The van der Waals surface area contributed by atoms with Crippen LogP contribution in [0.3, 0.4) is 0 Å². The lowest BCUT2D eigenvalue weighted by molar-refractivity contribution is 0.411. The quantitative estimate of drug-likeness (QED) is 0.856. The molecule has 1 heterocycles. The second-order valence-electron chi connectivity index (χ2n) is 6.86. The maximum atomic E-state index is 4.94. The van der Waals surface area contributed by atoms with Gasteiger partial charge in [-0.1, -0.05) is 49.0 Å². The van der Waals surface area contributed by atoms with Gasteiger partial charge in [-0.3, -0.25) is 4.99 Å². The van der Waals surface area contributed by atoms with Crippen LogP contribution in [0.5, 0.6) is 0 Å². The van der Waals surface area contributed by atoms with Crippen LogP contribution < -0.4 is 5.32 Å². The second-order valence-corrected chi connectivity index (χ2v) is 7.94. The molecule has 0 radical (unpaired) electrons. The van der Waals surface area contributed by atoms with Crippen LogP contribution in [0.1, 0.15) is 52.5 Å². The van der Waals surface area contributed by atoms with E-state index in [1.807, 2.05) is 11.8 Å². The van der Waals surface area contributed by atoms with Crippen molar-refractivity contribution in [2.75, 3.05) is 5.75 Å². The number of benzene rings is 1. The number of aliphatic imine (C=N–C) groups is 1. The highest BCUT2D eigenvalue weighted by molar-refractivity contribution is 8.13. The van der Waals surface area contributed by atoms with Crippen molar-refractivity contribution in [3.05, 3.63) is 35.9 Å². The normalized spacial score (nSPS) is 22.8. The van der Waals surface area contributed by atoms with Gasteiger partial charge in [0.05, 0.1) is 5.54 Å². The summed E-state index contributed by atoms with van der Waals surface area (Å²) in [4.78, 5) is 4.94. The van der Waals surface area contributed by atoms with Crippen molar-refractivity contribution in [3.63, 3.8) is 0 Å². The summed E-state index contributed by atoms with van der Waals surface area (Å²) in [6.07, 6.45) is 4.51. The summed E-state index contributed by atoms with van der Waals surface area (Å²) in [6, 6.07) is 10.7. The van der Waals surface area contributed by atoms with E-state index < -0.39 is 0 Å². The van der Waals surface area contributed by atoms with Crippen LogP contribution in [0.15, 0.2) is 35.3 Å². The molecule has 1 unspecified atom stereocenters. The molecule has 21 heavy (non-hydrogen) atoms. The van der Waals surface area contributed by atoms with E-state index in [4.69, 9.17) is 4.99 Å². The molecule has 0 amide bonds. The van der Waals surface area contributed by atoms with Crippen LogP contribution in [0.25, 0.3) is 0 Å². The molecule has 0 fully saturated rings. The molecule has 0 saturated carbocycles. The van der Waals surface area contributed by atoms with Gasteiger partial charge < -0.3 is 5.32 Å². The number of amidine groups is 1. The highest BCUT2D eigenvalue weighted by Crippen LogP contribution is 2.29. The maximum absolute atomic E-state index is 4.94. The molecule has 2 rings (SSSR count). The molecule has 1 aliphatic heterocycles. The monoisotopic (exact) mass is 304 g/mol. The molecule has 1 atom stereocenters. The first-order chi connectivity index (χ1) is 9.92. The Morgan fingerprint density at radius 1 is 1.29 bits per heavy atom. The topological polar surface area (TPSA) is 24.4 Å². The lowest BCUT2D eigenvalue weighted by atomic mass is 9.95. The van der Waals surface area contributed by atoms with E-state index in [-0.39, 0.29) is 11.1 Å². The Kier molecular flexibility index (Phi) is 5.37. The zero-order chi connectivity index (χ0) is 15.3. The van der Waals surface area contributed by atoms with E-state index in [2.05, 4.69) is 63.3 Å². The molecule has 1 aromatic carbocycles. The number of thioether (sulfide) groups is 1. The summed E-state index contributed by atoms with van der Waals surface area (Å²) in [5.74, 6) is 1.17. The summed E-state index contributed by atoms with van der Waals surface area (Å²) in [5, 5.41) is 4.80. The summed E-state index contributed by atoms with van der Waals surface area (Å²) < 4.78 is 0. The van der Waals surface area contributed by atoms with Crippen LogP contribution >= 0.6 is 11.8 Å². The minimum absolute atomic E-state index is 0.0770. The second kappa shape index (κ2) is 6.87. The van der Waals surface area contributed by atoms with E-state index in [0.717, 1.165) is 24.4 Å². The molecule has 116 valence electrons. The largest absolute Gasteiger partial charge is 0.360 e. The third kappa shape index (κ3) is 5.06. The maximum Gasteiger partial charge on any atom is 0.157 e. The third-order valence-corrected chi connectivity index (χ3v) is 5.21. The Hall–Kier alpha value is -0.960. The zero-order valence-electron chi connectivity index (χ0n) is 13.8. The van der Waals surface area contributed by atoms with Gasteiger partial charge in [0, 0.05) is 11.3 Å². The minimum Gasteiger partial charge on any atom is -0.360 e. The molecule has 0 aromatic heterocycles. The molecule has 3 heteroatoms. The molecular formula is C18H28N2S. The molecule has 1 N–H and O–H groups in total. The predicted molar refractivity (Wildman–Crippen MR) is 95.2 cm³/mol. The van der Waals surface area contributed by atoms with Crippen LogP contribution in [-0.2, 0) is 6.42 Å². The van der Waals surface area contributed by atoms with Crippen LogP contribution in [-0.4, -0.2) is 22.0 Å². The Morgan fingerprint density at radius 2 is 2.00 bits per heavy atom. The lowest BCUT2D eigenvalue weighted by Crippen LogP contribution is -2.45. The van der Waals surface area contributed by atoms with Gasteiger partial charge in [0.25, 0.3) is 0 Å². The number of rotatable bonds is 5. The van der Waals surface area contributed by atoms with Gasteiger partial charge in [-0.25, -0.2) is 0 Å². The molecule has 0 spiro atoms. The third-order valence-electron chi connectivity index (χ3n) is 4.34. The van der Waals surface area contributed by atoms with E-state index in [9.17, 15) is 0 Å². The molecule has 1 aromatic rings. The summed E-state index contributed by atoms with van der Waals surface area (Å²) in [5.41, 5.74) is 1.61. The van der Waals surface area contributed by atoms with Crippen LogP contribution in [0.2, 0.25) is 0 Å². The van der Waals surface area contributed by atoms with Gasteiger partial charge in [-0.2, -0.15) is 0 Å². The average Bonchev–Trinajstić information content (AvgIpc) is 2.46. The minimum atomic E-state index is 0.0770. The summed E-state index contributed by atoms with van der Waals surface area (Å²) in [7, 11) is 0. The van der Waals surface area contributed by atoms with Crippen molar-refractivity contribution in [1.29, 1.82) is 0 Å². The van der Waals surface area contributed by atoms with Gasteiger partial charge in [-0.05, 0) is 52.0 Å². The fraction of sp³-hybridized carbons (Fsp3) is 0.611. The highest BCUT2D eigenvalue weighted by atomic mass is 32.2. The van der Waals surface area contributed by atoms with Gasteiger partial charge in [0.15, 0.2) is 5.17 Å². The van der Waals surface area contributed by atoms with Crippen molar-refractivity contribution in [2.45, 2.75) is 64.5 Å². The highest BCUT2D eigenvalue weighted by Gasteiger charge is 2.28. The van der Waals surface area contributed by atoms with E-state index >= 15 is 0 Å². The molecule has 0 bridgehead atoms. The first-order valence-corrected chi connectivity index (χ1v) is 8.96. The van der Waals surface area contributed by atoms with Crippen molar-refractivity contribution in [3.8, 4) is 0 Å². The predicted octanol–water partition coefficient (Wildman–Crippen LogP) is 4.65. The molecule has 0 saturated heterocycles. The molecule has 2 nitrogen and oxygen atoms in total. The number of hydrogen-bond donors (Lipinski definition) is 1. The number of nitrogens with zero attached hydrogens (tertiary/aromatic N) is 1. The average molecular weight is 305 g/mol. The van der Waals surface area contributed by atoms with Crippen LogP contribution in [0, 0.1) is 0 Å². The Balaban J connectivity index is 1.94. The fourth-order valence-electron chi connectivity index (χ4n) is 2.47. The summed E-state index contributed by atoms with van der Waals surface area (Å²) in [6.45, 7) is 9.05. The zero-order valence-corrected chi connectivity index (χ0v) is 14.6. The van der Waals surface area contributed by atoms with Gasteiger partial charge in [0.2, 0.25) is 0 Å². The standard InChI is InChI=1S/C18H28N2S/c1-5-18(4)13-14-21-16(20-18)19-17(2,3)12-11-15-9-7-6-8-10-15/h6-10H,5,11-14H2,1-4H3,(H,19,20). The fourth-order valence-corrected chi connectivity index (χ4v) is 3.84. The Labute approximate surface area is 133 Å². The molecular weight excluding hydrogens is 276 g/mol. The lowest BCUT2D eigenvalue weighted by Gasteiger charge is -2.34. The number of nitrogens with one attached hydrogen (secondary N) is 1. The smallest absolute Gasteiger partial charge is 0.157 e. The van der Waals surface area contributed by atoms with Gasteiger partial charge in [-0.15, -0.1) is 0 Å². The van der Waals surface area contributed by atoms with E-state index in [0.29, 0.717) is 0 Å². The van der Waals surface area contributed by atoms with E-state index in [1.165, 1.54) is 17.7 Å². The number of hydrogen-bond acceptors (Lipinski definition) is 3. The Morgan fingerprint density at radius 3 is 2.67 bits per heavy atom. The van der Waals surface area contributed by atoms with Gasteiger partial charge >= 0.3 is 0 Å². The number of aryl methyl sites for hydroxylation is 1. The van der Waals surface area contributed by atoms with Crippen molar-refractivity contribution in [1.82, 2.24) is 5.32 Å². The SMILES string of the molecule is CCC1(C)CCSC(NC(C)(C)CCc2ccccc2)=N1. The van der Waals surface area contributed by atoms with E-state index in [1.54, 1.807) is 0 Å². The molecule has 1 aliphatic rings. The first kappa shape index (κ1) is 16.4. The molecule has 0 aliphatic carbocycles. The summed E-state index contributed by atoms with van der Waals surface area (Å²) >= 11 is 1.87. The van der Waals surface area contributed by atoms with Gasteiger partial charge in [0.1, 0.15) is 0 Å². The van der Waals surface area contributed by atoms with Crippen molar-refractivity contribution < 1.29 is 0 Å². The van der Waals surface area contributed by atoms with Crippen molar-refractivity contribution >= 4 is 16.9 Å². The van der Waals surface area contributed by atoms with Crippen molar-refractivity contribution in [2.24, 2.45) is 4.99 Å². The first-order valence-electron chi connectivity index (χ1n) is 7.97.